The summed E-state index contributed by atoms with van der Waals surface area (Å²) in [6.45, 7) is 0. The minimum absolute atomic E-state index is 0.208. The van der Waals surface area contributed by atoms with Crippen molar-refractivity contribution < 1.29 is 9.53 Å². The highest BCUT2D eigenvalue weighted by Crippen LogP contribution is 2.33. The lowest BCUT2D eigenvalue weighted by atomic mass is 9.78. The largest absolute Gasteiger partial charge is 0.497 e. The molecule has 0 radical (unpaired) electrons. The van der Waals surface area contributed by atoms with Crippen molar-refractivity contribution in [3.63, 3.8) is 0 Å². The van der Waals surface area contributed by atoms with E-state index < -0.39 is 0 Å². The number of hydrazone groups is 1. The number of carbonyl (C=O) groups is 1. The summed E-state index contributed by atoms with van der Waals surface area (Å²) in [5, 5.41) is 4.26. The number of ether oxygens (including phenoxy) is 1. The van der Waals surface area contributed by atoms with Crippen LogP contribution in [0.5, 0.6) is 5.75 Å². The highest BCUT2D eigenvalue weighted by molar-refractivity contribution is 5.95. The predicted octanol–water partition coefficient (Wildman–Crippen LogP) is 4.22. The van der Waals surface area contributed by atoms with Crippen LogP contribution in [0, 0.1) is 0 Å². The SMILES string of the molecule is COc1ccc(C(=O)N/N=C/c2cc3c(c4c2CCCC4)CCCC3)cc1. The zero-order chi connectivity index (χ0) is 18.6. The smallest absolute Gasteiger partial charge is 0.271 e. The van der Waals surface area contributed by atoms with Crippen molar-refractivity contribution in [3.8, 4) is 5.75 Å². The molecule has 2 aromatic carbocycles. The molecule has 0 saturated carbocycles. The van der Waals surface area contributed by atoms with Gasteiger partial charge in [0.15, 0.2) is 0 Å². The molecule has 140 valence electrons. The Kier molecular flexibility index (Phi) is 5.23. The second-order valence-corrected chi connectivity index (χ2v) is 7.40. The van der Waals surface area contributed by atoms with Crippen LogP contribution in [0.15, 0.2) is 35.4 Å². The lowest BCUT2D eigenvalue weighted by molar-refractivity contribution is 0.0955. The fourth-order valence-electron chi connectivity index (χ4n) is 4.35. The topological polar surface area (TPSA) is 50.7 Å². The zero-order valence-corrected chi connectivity index (χ0v) is 15.9. The summed E-state index contributed by atoms with van der Waals surface area (Å²) >= 11 is 0. The third-order valence-electron chi connectivity index (χ3n) is 5.74. The minimum Gasteiger partial charge on any atom is -0.497 e. The summed E-state index contributed by atoms with van der Waals surface area (Å²) in [7, 11) is 1.61. The Hall–Kier alpha value is -2.62. The predicted molar refractivity (Wildman–Crippen MR) is 108 cm³/mol. The molecule has 0 saturated heterocycles. The average molecular weight is 362 g/mol. The van der Waals surface area contributed by atoms with Gasteiger partial charge in [-0.15, -0.1) is 0 Å². The third kappa shape index (κ3) is 3.75. The Bertz CT molecular complexity index is 869. The van der Waals surface area contributed by atoms with E-state index >= 15 is 0 Å². The number of aryl methyl sites for hydroxylation is 1. The first-order valence-corrected chi connectivity index (χ1v) is 9.90. The van der Waals surface area contributed by atoms with E-state index in [2.05, 4.69) is 16.6 Å². The molecule has 2 aliphatic rings. The first-order valence-electron chi connectivity index (χ1n) is 9.90. The van der Waals surface area contributed by atoms with Crippen LogP contribution in [0.3, 0.4) is 0 Å². The molecule has 0 unspecified atom stereocenters. The van der Waals surface area contributed by atoms with Crippen LogP contribution < -0.4 is 10.2 Å². The van der Waals surface area contributed by atoms with Crippen LogP contribution in [0.4, 0.5) is 0 Å². The van der Waals surface area contributed by atoms with Gasteiger partial charge in [-0.25, -0.2) is 5.43 Å². The molecule has 1 N–H and O–H groups in total. The molecular weight excluding hydrogens is 336 g/mol. The highest BCUT2D eigenvalue weighted by Gasteiger charge is 2.21. The molecule has 2 aromatic rings. The summed E-state index contributed by atoms with van der Waals surface area (Å²) in [5.74, 6) is 0.525. The zero-order valence-electron chi connectivity index (χ0n) is 15.9. The Balaban J connectivity index is 1.54. The molecule has 0 bridgehead atoms. The molecule has 1 amide bonds. The molecule has 0 aliphatic heterocycles. The van der Waals surface area contributed by atoms with E-state index in [0.717, 1.165) is 12.2 Å². The number of hydrogen-bond donors (Lipinski definition) is 1. The van der Waals surface area contributed by atoms with Crippen molar-refractivity contribution in [1.29, 1.82) is 0 Å². The van der Waals surface area contributed by atoms with Crippen LogP contribution in [0.1, 0.15) is 63.9 Å². The van der Waals surface area contributed by atoms with Gasteiger partial charge >= 0.3 is 0 Å². The number of benzene rings is 2. The van der Waals surface area contributed by atoms with Crippen molar-refractivity contribution in [3.05, 3.63) is 63.7 Å². The summed E-state index contributed by atoms with van der Waals surface area (Å²) in [6.07, 6.45) is 11.7. The fourth-order valence-corrected chi connectivity index (χ4v) is 4.35. The van der Waals surface area contributed by atoms with Gasteiger partial charge < -0.3 is 4.74 Å². The number of nitrogens with zero attached hydrogens (tertiary/aromatic N) is 1. The van der Waals surface area contributed by atoms with Crippen molar-refractivity contribution >= 4 is 12.1 Å². The van der Waals surface area contributed by atoms with Gasteiger partial charge in [-0.1, -0.05) is 0 Å². The number of rotatable bonds is 4. The van der Waals surface area contributed by atoms with Crippen LogP contribution in [-0.4, -0.2) is 19.2 Å². The third-order valence-corrected chi connectivity index (χ3v) is 5.74. The summed E-state index contributed by atoms with van der Waals surface area (Å²) < 4.78 is 5.12. The van der Waals surface area contributed by atoms with E-state index in [1.165, 1.54) is 61.6 Å². The van der Waals surface area contributed by atoms with E-state index in [9.17, 15) is 4.79 Å². The van der Waals surface area contributed by atoms with Gasteiger partial charge in [0, 0.05) is 5.56 Å². The van der Waals surface area contributed by atoms with Gasteiger partial charge in [0.05, 0.1) is 13.3 Å². The maximum Gasteiger partial charge on any atom is 0.271 e. The molecule has 0 aromatic heterocycles. The first kappa shape index (κ1) is 17.8. The van der Waals surface area contributed by atoms with Crippen LogP contribution in [0.2, 0.25) is 0 Å². The van der Waals surface area contributed by atoms with Crippen molar-refractivity contribution in [2.45, 2.75) is 51.4 Å². The van der Waals surface area contributed by atoms with Gasteiger partial charge in [-0.2, -0.15) is 5.10 Å². The normalized spacial score (nSPS) is 15.9. The lowest BCUT2D eigenvalue weighted by Gasteiger charge is -2.27. The molecule has 0 fully saturated rings. The van der Waals surface area contributed by atoms with Gasteiger partial charge in [0.1, 0.15) is 5.75 Å². The van der Waals surface area contributed by atoms with Gasteiger partial charge in [-0.05, 0) is 110 Å². The highest BCUT2D eigenvalue weighted by atomic mass is 16.5. The molecule has 4 heteroatoms. The average Bonchev–Trinajstić information content (AvgIpc) is 2.74. The number of hydrogen-bond acceptors (Lipinski definition) is 3. The number of amides is 1. The van der Waals surface area contributed by atoms with Crippen molar-refractivity contribution in [2.24, 2.45) is 5.10 Å². The summed E-state index contributed by atoms with van der Waals surface area (Å²) in [5.41, 5.74) is 10.5. The maximum atomic E-state index is 12.3. The monoisotopic (exact) mass is 362 g/mol. The molecule has 2 aliphatic carbocycles. The number of nitrogens with one attached hydrogen (secondary N) is 1. The first-order chi connectivity index (χ1) is 13.3. The minimum atomic E-state index is -0.208. The second-order valence-electron chi connectivity index (χ2n) is 7.40. The van der Waals surface area contributed by atoms with Crippen LogP contribution in [0.25, 0.3) is 0 Å². The molecule has 4 nitrogen and oxygen atoms in total. The Morgan fingerprint density at radius 3 is 2.37 bits per heavy atom. The van der Waals surface area contributed by atoms with E-state index in [1.54, 1.807) is 42.5 Å². The number of methoxy groups -OCH3 is 1. The molecular formula is C23H26N2O2. The Morgan fingerprint density at radius 2 is 1.63 bits per heavy atom. The molecule has 4 rings (SSSR count). The molecule has 27 heavy (non-hydrogen) atoms. The number of carbonyl (C=O) groups excluding carboxylic acids is 1. The van der Waals surface area contributed by atoms with Crippen molar-refractivity contribution in [2.75, 3.05) is 7.11 Å². The molecule has 0 spiro atoms. The Labute approximate surface area is 160 Å². The second kappa shape index (κ2) is 7.95. The van der Waals surface area contributed by atoms with E-state index in [-0.39, 0.29) is 5.91 Å². The maximum absolute atomic E-state index is 12.3. The van der Waals surface area contributed by atoms with Crippen LogP contribution in [-0.2, 0) is 25.7 Å². The van der Waals surface area contributed by atoms with E-state index in [1.807, 2.05) is 6.21 Å². The summed E-state index contributed by atoms with van der Waals surface area (Å²) in [4.78, 5) is 12.3. The standard InChI is InChI=1S/C23H26N2O2/c1-27-19-12-10-16(11-13-19)23(26)25-24-15-18-14-17-6-2-3-7-20(17)22-9-5-4-8-21(18)22/h10-15H,2-9H2,1H3,(H,25,26)/b24-15+. The van der Waals surface area contributed by atoms with Gasteiger partial charge in [-0.3, -0.25) is 4.79 Å². The molecule has 0 atom stereocenters. The number of fused-ring (bicyclic) bond motifs is 3. The van der Waals surface area contributed by atoms with Crippen LogP contribution >= 0.6 is 0 Å². The quantitative estimate of drug-likeness (QED) is 0.654. The molecule has 0 heterocycles. The van der Waals surface area contributed by atoms with E-state index in [0.29, 0.717) is 5.56 Å². The Morgan fingerprint density at radius 1 is 0.963 bits per heavy atom. The fraction of sp³-hybridized carbons (Fsp3) is 0.391. The lowest BCUT2D eigenvalue weighted by Crippen LogP contribution is -2.18. The van der Waals surface area contributed by atoms with Gasteiger partial charge in [0.2, 0.25) is 0 Å². The summed E-state index contributed by atoms with van der Waals surface area (Å²) in [6, 6.07) is 9.34. The van der Waals surface area contributed by atoms with Crippen molar-refractivity contribution in [1.82, 2.24) is 5.43 Å². The van der Waals surface area contributed by atoms with E-state index in [4.69, 9.17) is 4.74 Å². The van der Waals surface area contributed by atoms with Gasteiger partial charge in [0.25, 0.3) is 5.91 Å².